The number of ether oxygens (including phenoxy) is 1. The van der Waals surface area contributed by atoms with E-state index in [1.165, 1.54) is 11.3 Å². The van der Waals surface area contributed by atoms with Gasteiger partial charge in [-0.3, -0.25) is 10.1 Å². The van der Waals surface area contributed by atoms with Crippen LogP contribution in [0.4, 0.5) is 10.5 Å². The standard InChI is InChI=1S/C25H26N4O3S2/c1-2-32-25(31)28-24(33)29-14-12-18(13-15-29)23-27-21(16-34-23)22(30)26-20-11-7-6-10-19(20)17-8-4-3-5-9-17/h3-11,16,18H,2,12-15H2,1H3,(H,26,30)(H,28,31,33). The molecule has 2 N–H and O–H groups in total. The smallest absolute Gasteiger partial charge is 0.413 e. The van der Waals surface area contributed by atoms with Crippen molar-refractivity contribution in [2.75, 3.05) is 25.0 Å². The van der Waals surface area contributed by atoms with Gasteiger partial charge in [0.1, 0.15) is 5.69 Å². The van der Waals surface area contributed by atoms with E-state index in [9.17, 15) is 9.59 Å². The van der Waals surface area contributed by atoms with Gasteiger partial charge in [0.2, 0.25) is 0 Å². The summed E-state index contributed by atoms with van der Waals surface area (Å²) in [5.41, 5.74) is 3.18. The second-order valence-electron chi connectivity index (χ2n) is 7.85. The van der Waals surface area contributed by atoms with Crippen LogP contribution in [-0.2, 0) is 4.74 Å². The maximum absolute atomic E-state index is 12.9. The van der Waals surface area contributed by atoms with Crippen molar-refractivity contribution < 1.29 is 14.3 Å². The largest absolute Gasteiger partial charge is 0.450 e. The molecular formula is C25H26N4O3S2. The first kappa shape index (κ1) is 23.8. The number of aromatic nitrogens is 1. The lowest BCUT2D eigenvalue weighted by molar-refractivity contribution is 0.102. The molecule has 0 atom stereocenters. The molecule has 9 heteroatoms. The van der Waals surface area contributed by atoms with Gasteiger partial charge in [0, 0.05) is 35.6 Å². The van der Waals surface area contributed by atoms with Crippen LogP contribution in [0.15, 0.2) is 60.0 Å². The minimum atomic E-state index is -0.529. The van der Waals surface area contributed by atoms with Crippen LogP contribution < -0.4 is 10.6 Å². The van der Waals surface area contributed by atoms with Gasteiger partial charge < -0.3 is 15.0 Å². The Morgan fingerprint density at radius 1 is 1.12 bits per heavy atom. The molecule has 0 unspecified atom stereocenters. The number of benzene rings is 2. The number of alkyl carbamates (subject to hydrolysis) is 1. The van der Waals surface area contributed by atoms with E-state index in [-0.39, 0.29) is 11.8 Å². The molecule has 176 valence electrons. The summed E-state index contributed by atoms with van der Waals surface area (Å²) in [6.45, 7) is 3.47. The zero-order valence-corrected chi connectivity index (χ0v) is 20.5. The molecule has 1 aliphatic heterocycles. The summed E-state index contributed by atoms with van der Waals surface area (Å²) in [7, 11) is 0. The second-order valence-corrected chi connectivity index (χ2v) is 9.13. The molecule has 0 saturated carbocycles. The summed E-state index contributed by atoms with van der Waals surface area (Å²) in [5.74, 6) is 0.0351. The number of piperidine rings is 1. The number of nitrogens with zero attached hydrogens (tertiary/aromatic N) is 2. The summed E-state index contributed by atoms with van der Waals surface area (Å²) in [4.78, 5) is 31.1. The van der Waals surface area contributed by atoms with Crippen LogP contribution in [0.5, 0.6) is 0 Å². The van der Waals surface area contributed by atoms with Gasteiger partial charge in [-0.05, 0) is 43.6 Å². The Balaban J connectivity index is 1.36. The number of likely N-dealkylation sites (tertiary alicyclic amines) is 1. The summed E-state index contributed by atoms with van der Waals surface area (Å²) in [6, 6.07) is 17.7. The van der Waals surface area contributed by atoms with Gasteiger partial charge in [-0.2, -0.15) is 0 Å². The normalized spacial score (nSPS) is 13.9. The monoisotopic (exact) mass is 494 g/mol. The Morgan fingerprint density at radius 2 is 1.82 bits per heavy atom. The van der Waals surface area contributed by atoms with Gasteiger partial charge >= 0.3 is 6.09 Å². The Labute approximate surface area is 208 Å². The van der Waals surface area contributed by atoms with Crippen molar-refractivity contribution in [2.45, 2.75) is 25.7 Å². The van der Waals surface area contributed by atoms with Crippen LogP contribution in [0.25, 0.3) is 11.1 Å². The van der Waals surface area contributed by atoms with E-state index in [0.29, 0.717) is 30.5 Å². The third-order valence-corrected chi connectivity index (χ3v) is 7.00. The molecule has 2 heterocycles. The van der Waals surface area contributed by atoms with Crippen LogP contribution >= 0.6 is 23.6 Å². The van der Waals surface area contributed by atoms with Crippen LogP contribution in [0.1, 0.15) is 41.2 Å². The molecule has 3 aromatic rings. The highest BCUT2D eigenvalue weighted by molar-refractivity contribution is 7.80. The molecule has 1 aliphatic rings. The number of thiazole rings is 1. The summed E-state index contributed by atoms with van der Waals surface area (Å²) >= 11 is 6.82. The van der Waals surface area contributed by atoms with Crippen molar-refractivity contribution in [3.8, 4) is 11.1 Å². The molecule has 1 fully saturated rings. The molecule has 2 amide bonds. The van der Waals surface area contributed by atoms with Crippen LogP contribution in [0, 0.1) is 0 Å². The highest BCUT2D eigenvalue weighted by atomic mass is 32.1. The lowest BCUT2D eigenvalue weighted by Gasteiger charge is -2.32. The van der Waals surface area contributed by atoms with Crippen LogP contribution in [-0.4, -0.2) is 46.7 Å². The van der Waals surface area contributed by atoms with E-state index in [2.05, 4.69) is 15.6 Å². The Morgan fingerprint density at radius 3 is 2.56 bits per heavy atom. The fourth-order valence-corrected chi connectivity index (χ4v) is 5.13. The molecule has 0 radical (unpaired) electrons. The lowest BCUT2D eigenvalue weighted by Crippen LogP contribution is -2.46. The number of carbonyl (C=O) groups excluding carboxylic acids is 2. The first-order valence-electron chi connectivity index (χ1n) is 11.2. The fraction of sp³-hybridized carbons (Fsp3) is 0.280. The minimum Gasteiger partial charge on any atom is -0.450 e. The number of anilines is 1. The number of hydrogen-bond donors (Lipinski definition) is 2. The lowest BCUT2D eigenvalue weighted by atomic mass is 9.98. The maximum Gasteiger partial charge on any atom is 0.413 e. The predicted octanol–water partition coefficient (Wildman–Crippen LogP) is 5.27. The molecule has 0 bridgehead atoms. The number of para-hydroxylation sites is 1. The molecule has 0 spiro atoms. The molecular weight excluding hydrogens is 468 g/mol. The summed E-state index contributed by atoms with van der Waals surface area (Å²) < 4.78 is 4.88. The Bertz CT molecular complexity index is 1160. The molecule has 2 aromatic carbocycles. The average molecular weight is 495 g/mol. The molecule has 34 heavy (non-hydrogen) atoms. The predicted molar refractivity (Wildman–Crippen MR) is 138 cm³/mol. The van der Waals surface area contributed by atoms with E-state index >= 15 is 0 Å². The number of rotatable bonds is 5. The molecule has 7 nitrogen and oxygen atoms in total. The number of nitrogens with one attached hydrogen (secondary N) is 2. The van der Waals surface area contributed by atoms with E-state index in [1.807, 2.05) is 64.9 Å². The molecule has 4 rings (SSSR count). The van der Waals surface area contributed by atoms with E-state index in [1.54, 1.807) is 6.92 Å². The average Bonchev–Trinajstić information content (AvgIpc) is 3.36. The highest BCUT2D eigenvalue weighted by Gasteiger charge is 2.26. The summed E-state index contributed by atoms with van der Waals surface area (Å²) in [6.07, 6.45) is 1.16. The minimum absolute atomic E-state index is 0.219. The van der Waals surface area contributed by atoms with Gasteiger partial charge in [0.25, 0.3) is 5.91 Å². The van der Waals surface area contributed by atoms with Gasteiger partial charge in [0.15, 0.2) is 5.11 Å². The zero-order valence-electron chi connectivity index (χ0n) is 18.8. The van der Waals surface area contributed by atoms with Crippen molar-refractivity contribution in [3.05, 3.63) is 70.7 Å². The van der Waals surface area contributed by atoms with Crippen molar-refractivity contribution in [2.24, 2.45) is 0 Å². The quantitative estimate of drug-likeness (QED) is 0.470. The van der Waals surface area contributed by atoms with Gasteiger partial charge in [0.05, 0.1) is 11.6 Å². The van der Waals surface area contributed by atoms with E-state index < -0.39 is 6.09 Å². The van der Waals surface area contributed by atoms with Crippen LogP contribution in [0.2, 0.25) is 0 Å². The SMILES string of the molecule is CCOC(=O)NC(=S)N1CCC(c2nc(C(=O)Nc3ccccc3-c3ccccc3)cs2)CC1. The van der Waals surface area contributed by atoms with Crippen LogP contribution in [0.3, 0.4) is 0 Å². The third kappa shape index (κ3) is 5.78. The first-order chi connectivity index (χ1) is 16.5. The topological polar surface area (TPSA) is 83.6 Å². The summed E-state index contributed by atoms with van der Waals surface area (Å²) in [5, 5.41) is 8.76. The maximum atomic E-state index is 12.9. The van der Waals surface area contributed by atoms with Crippen molar-refractivity contribution in [1.29, 1.82) is 0 Å². The van der Waals surface area contributed by atoms with Crippen molar-refractivity contribution >= 4 is 46.4 Å². The number of carbonyl (C=O) groups is 2. The van der Waals surface area contributed by atoms with Gasteiger partial charge in [-0.15, -0.1) is 11.3 Å². The number of thiocarbonyl (C=S) groups is 1. The Hall–Kier alpha value is -3.30. The molecule has 1 aromatic heterocycles. The fourth-order valence-electron chi connectivity index (χ4n) is 3.89. The highest BCUT2D eigenvalue weighted by Crippen LogP contribution is 2.31. The second kappa shape index (κ2) is 11.2. The molecule has 1 saturated heterocycles. The van der Waals surface area contributed by atoms with Gasteiger partial charge in [-0.1, -0.05) is 48.5 Å². The zero-order chi connectivity index (χ0) is 23.9. The van der Waals surface area contributed by atoms with Gasteiger partial charge in [-0.25, -0.2) is 9.78 Å². The molecule has 0 aliphatic carbocycles. The number of amides is 2. The third-order valence-electron chi connectivity index (χ3n) is 5.63. The first-order valence-corrected chi connectivity index (χ1v) is 12.5. The van der Waals surface area contributed by atoms with Crippen molar-refractivity contribution in [1.82, 2.24) is 15.2 Å². The van der Waals surface area contributed by atoms with E-state index in [4.69, 9.17) is 17.0 Å². The van der Waals surface area contributed by atoms with E-state index in [0.717, 1.165) is 34.7 Å². The number of hydrogen-bond acceptors (Lipinski definition) is 6. The Kier molecular flexibility index (Phi) is 7.87. The van der Waals surface area contributed by atoms with Crippen molar-refractivity contribution in [3.63, 3.8) is 0 Å².